The van der Waals surface area contributed by atoms with Crippen LogP contribution in [0.5, 0.6) is 5.88 Å². The van der Waals surface area contributed by atoms with Crippen LogP contribution in [-0.2, 0) is 0 Å². The summed E-state index contributed by atoms with van der Waals surface area (Å²) in [6.45, 7) is 0. The summed E-state index contributed by atoms with van der Waals surface area (Å²) in [5.74, 6) is 1.87. The average molecular weight is 410 g/mol. The third-order valence-corrected chi connectivity index (χ3v) is 5.48. The van der Waals surface area contributed by atoms with Gasteiger partial charge in [-0.15, -0.1) is 0 Å². The molecule has 3 aromatic heterocycles. The molecule has 0 aromatic carbocycles. The van der Waals surface area contributed by atoms with Crippen molar-refractivity contribution in [1.82, 2.24) is 19.6 Å². The Hall–Kier alpha value is -3.20. The number of nitrogens with one attached hydrogen (secondary N) is 2. The van der Waals surface area contributed by atoms with E-state index in [9.17, 15) is 9.90 Å². The Morgan fingerprint density at radius 2 is 2.27 bits per heavy atom. The normalized spacial score (nSPS) is 18.9. The average Bonchev–Trinajstić information content (AvgIpc) is 3.17. The molecule has 0 bridgehead atoms. The monoisotopic (exact) mass is 410 g/mol. The molecule has 0 amide bonds. The zero-order chi connectivity index (χ0) is 21.1. The van der Waals surface area contributed by atoms with Gasteiger partial charge in [-0.1, -0.05) is 6.42 Å². The lowest BCUT2D eigenvalue weighted by Gasteiger charge is -2.25. The quantitative estimate of drug-likeness (QED) is 0.509. The highest BCUT2D eigenvalue weighted by Gasteiger charge is 2.25. The lowest BCUT2D eigenvalue weighted by molar-refractivity contribution is 0.0825. The predicted octanol–water partition coefficient (Wildman–Crippen LogP) is 3.04. The Bertz CT molecular complexity index is 1050. The molecule has 9 heteroatoms. The molecule has 1 aliphatic carbocycles. The van der Waals surface area contributed by atoms with E-state index < -0.39 is 0 Å². The maximum absolute atomic E-state index is 13.0. The van der Waals surface area contributed by atoms with Crippen LogP contribution in [0.4, 0.5) is 17.3 Å². The summed E-state index contributed by atoms with van der Waals surface area (Å²) in [5, 5.41) is 20.6. The standard InChI is InChI=1S/C21H26N6O3/c1-22-19-11-18(25-16-7-4-8-23-21(16)30-2)26-20-15(12-24-27(19)20)17(29)10-13-5-3-6-14(28)9-13/h4,7-8,11-14,22,28H,3,5-6,9-10H2,1-2H3,(H,25,26)/t13-,14-/m0/s1. The molecule has 0 spiro atoms. The fourth-order valence-corrected chi connectivity index (χ4v) is 4.01. The Morgan fingerprint density at radius 1 is 1.40 bits per heavy atom. The predicted molar refractivity (Wildman–Crippen MR) is 114 cm³/mol. The third kappa shape index (κ3) is 4.06. The molecule has 0 radical (unpaired) electrons. The van der Waals surface area contributed by atoms with E-state index in [4.69, 9.17) is 4.74 Å². The lowest BCUT2D eigenvalue weighted by Crippen LogP contribution is -2.21. The largest absolute Gasteiger partial charge is 0.480 e. The number of pyridine rings is 1. The highest BCUT2D eigenvalue weighted by Crippen LogP contribution is 2.30. The highest BCUT2D eigenvalue weighted by atomic mass is 16.5. The van der Waals surface area contributed by atoms with Gasteiger partial charge in [-0.3, -0.25) is 4.79 Å². The van der Waals surface area contributed by atoms with Gasteiger partial charge < -0.3 is 20.5 Å². The Balaban J connectivity index is 1.65. The second-order valence-corrected chi connectivity index (χ2v) is 7.57. The van der Waals surface area contributed by atoms with E-state index in [1.54, 1.807) is 43.2 Å². The topological polar surface area (TPSA) is 114 Å². The van der Waals surface area contributed by atoms with Crippen LogP contribution in [0.25, 0.3) is 5.65 Å². The Morgan fingerprint density at radius 3 is 3.03 bits per heavy atom. The number of aromatic nitrogens is 4. The van der Waals surface area contributed by atoms with Gasteiger partial charge in [-0.05, 0) is 37.3 Å². The Labute approximate surface area is 174 Å². The second-order valence-electron chi connectivity index (χ2n) is 7.57. The van der Waals surface area contributed by atoms with Crippen LogP contribution < -0.4 is 15.4 Å². The first kappa shape index (κ1) is 20.1. The molecule has 1 saturated carbocycles. The van der Waals surface area contributed by atoms with Crippen molar-refractivity contribution in [3.8, 4) is 5.88 Å². The van der Waals surface area contributed by atoms with E-state index in [-0.39, 0.29) is 17.8 Å². The molecule has 3 aromatic rings. The number of rotatable bonds is 7. The van der Waals surface area contributed by atoms with Gasteiger partial charge in [0.05, 0.1) is 25.0 Å². The number of methoxy groups -OCH3 is 1. The van der Waals surface area contributed by atoms with Crippen LogP contribution in [-0.4, -0.2) is 50.7 Å². The fraction of sp³-hybridized carbons (Fsp3) is 0.429. The van der Waals surface area contributed by atoms with Crippen molar-refractivity contribution in [3.05, 3.63) is 36.2 Å². The fourth-order valence-electron chi connectivity index (χ4n) is 4.01. The maximum Gasteiger partial charge on any atom is 0.237 e. The first-order valence-corrected chi connectivity index (χ1v) is 10.1. The van der Waals surface area contributed by atoms with E-state index in [1.165, 1.54) is 0 Å². The summed E-state index contributed by atoms with van der Waals surface area (Å²) >= 11 is 0. The number of aliphatic hydroxyl groups excluding tert-OH is 1. The van der Waals surface area contributed by atoms with E-state index in [1.807, 2.05) is 6.07 Å². The van der Waals surface area contributed by atoms with Gasteiger partial charge in [-0.25, -0.2) is 9.97 Å². The number of ketones is 1. The zero-order valence-corrected chi connectivity index (χ0v) is 17.1. The molecule has 4 rings (SSSR count). The molecule has 9 nitrogen and oxygen atoms in total. The number of hydrogen-bond donors (Lipinski definition) is 3. The number of aliphatic hydroxyl groups is 1. The van der Waals surface area contributed by atoms with Gasteiger partial charge in [0, 0.05) is 25.7 Å². The van der Waals surface area contributed by atoms with Crippen molar-refractivity contribution in [2.75, 3.05) is 24.8 Å². The molecule has 158 valence electrons. The summed E-state index contributed by atoms with van der Waals surface area (Å²) in [6.07, 6.45) is 6.72. The molecule has 0 saturated heterocycles. The minimum atomic E-state index is -0.306. The highest BCUT2D eigenvalue weighted by molar-refractivity contribution is 6.01. The summed E-state index contributed by atoms with van der Waals surface area (Å²) in [4.78, 5) is 21.8. The van der Waals surface area contributed by atoms with Crippen LogP contribution in [0.3, 0.4) is 0 Å². The molecular formula is C21H26N6O3. The molecule has 1 fully saturated rings. The van der Waals surface area contributed by atoms with Crippen LogP contribution in [0.1, 0.15) is 42.5 Å². The van der Waals surface area contributed by atoms with Gasteiger partial charge in [0.1, 0.15) is 17.3 Å². The molecule has 3 N–H and O–H groups in total. The van der Waals surface area contributed by atoms with Gasteiger partial charge in [-0.2, -0.15) is 9.61 Å². The number of carbonyl (C=O) groups excluding carboxylic acids is 1. The lowest BCUT2D eigenvalue weighted by atomic mass is 9.83. The second kappa shape index (κ2) is 8.66. The number of fused-ring (bicyclic) bond motifs is 1. The Kier molecular flexibility index (Phi) is 5.80. The summed E-state index contributed by atoms with van der Waals surface area (Å²) in [6, 6.07) is 5.44. The number of nitrogens with zero attached hydrogens (tertiary/aromatic N) is 4. The smallest absolute Gasteiger partial charge is 0.237 e. The van der Waals surface area contributed by atoms with E-state index >= 15 is 0 Å². The molecule has 0 aliphatic heterocycles. The first-order valence-electron chi connectivity index (χ1n) is 10.1. The molecule has 3 heterocycles. The maximum atomic E-state index is 13.0. The van der Waals surface area contributed by atoms with Crippen LogP contribution in [0.2, 0.25) is 0 Å². The van der Waals surface area contributed by atoms with Crippen LogP contribution in [0.15, 0.2) is 30.6 Å². The van der Waals surface area contributed by atoms with Gasteiger partial charge >= 0.3 is 0 Å². The number of anilines is 3. The molecular weight excluding hydrogens is 384 g/mol. The molecule has 1 aliphatic rings. The van der Waals surface area contributed by atoms with Crippen molar-refractivity contribution in [1.29, 1.82) is 0 Å². The number of Topliss-reactive ketones (excluding diaryl/α,β-unsaturated/α-hetero) is 1. The summed E-state index contributed by atoms with van der Waals surface area (Å²) < 4.78 is 6.91. The number of ether oxygens (including phenoxy) is 1. The molecule has 0 unspecified atom stereocenters. The van der Waals surface area contributed by atoms with Crippen molar-refractivity contribution in [3.63, 3.8) is 0 Å². The summed E-state index contributed by atoms with van der Waals surface area (Å²) in [5.41, 5.74) is 1.63. The van der Waals surface area contributed by atoms with E-state index in [0.717, 1.165) is 19.3 Å². The minimum Gasteiger partial charge on any atom is -0.480 e. The molecule has 2 atom stereocenters. The van der Waals surface area contributed by atoms with Crippen LogP contribution >= 0.6 is 0 Å². The van der Waals surface area contributed by atoms with E-state index in [0.29, 0.717) is 47.3 Å². The van der Waals surface area contributed by atoms with E-state index in [2.05, 4.69) is 25.7 Å². The van der Waals surface area contributed by atoms with Crippen molar-refractivity contribution >= 4 is 28.8 Å². The van der Waals surface area contributed by atoms with Crippen molar-refractivity contribution < 1.29 is 14.6 Å². The number of hydrogen-bond acceptors (Lipinski definition) is 8. The zero-order valence-electron chi connectivity index (χ0n) is 17.1. The minimum absolute atomic E-state index is 0.00485. The van der Waals surface area contributed by atoms with Crippen molar-refractivity contribution in [2.24, 2.45) is 5.92 Å². The van der Waals surface area contributed by atoms with Gasteiger partial charge in [0.15, 0.2) is 11.4 Å². The summed E-state index contributed by atoms with van der Waals surface area (Å²) in [7, 11) is 3.34. The molecule has 30 heavy (non-hydrogen) atoms. The van der Waals surface area contributed by atoms with Crippen LogP contribution in [0, 0.1) is 5.92 Å². The SMILES string of the molecule is CNc1cc(Nc2cccnc2OC)nc2c(C(=O)C[C@H]3CCC[C@H](O)C3)cnn12. The number of carbonyl (C=O) groups is 1. The first-order chi connectivity index (χ1) is 14.6. The van der Waals surface area contributed by atoms with Gasteiger partial charge in [0.25, 0.3) is 0 Å². The van der Waals surface area contributed by atoms with Crippen molar-refractivity contribution in [2.45, 2.75) is 38.2 Å². The van der Waals surface area contributed by atoms with Gasteiger partial charge in [0.2, 0.25) is 5.88 Å². The third-order valence-electron chi connectivity index (χ3n) is 5.48.